The number of nitrogens with zero attached hydrogens (tertiary/aromatic N) is 1. The largest absolute Gasteiger partial charge is 0.464 e. The fourth-order valence-corrected chi connectivity index (χ4v) is 1.26. The second kappa shape index (κ2) is 3.24. The maximum absolute atomic E-state index is 13.1. The molecule has 14 heavy (non-hydrogen) atoms. The van der Waals surface area contributed by atoms with E-state index in [9.17, 15) is 8.78 Å². The molecule has 1 aromatic rings. The zero-order chi connectivity index (χ0) is 10.1. The Hall–Kier alpha value is -1.67. The van der Waals surface area contributed by atoms with Gasteiger partial charge in [-0.3, -0.25) is 0 Å². The Labute approximate surface area is 78.5 Å². The van der Waals surface area contributed by atoms with Gasteiger partial charge in [0.15, 0.2) is 24.5 Å². The van der Waals surface area contributed by atoms with Crippen LogP contribution in [0.3, 0.4) is 0 Å². The van der Waals surface area contributed by atoms with Gasteiger partial charge in [-0.05, 0) is 12.1 Å². The van der Waals surface area contributed by atoms with Crippen LogP contribution in [0, 0.1) is 23.0 Å². The second-order valence-corrected chi connectivity index (χ2v) is 2.72. The SMILES string of the molecule is N#CC1OCOc2c1ccc(F)c2F. The summed E-state index contributed by atoms with van der Waals surface area (Å²) >= 11 is 0. The number of nitriles is 1. The van der Waals surface area contributed by atoms with E-state index in [4.69, 9.17) is 14.7 Å². The molecule has 1 aliphatic heterocycles. The molecule has 0 saturated carbocycles. The van der Waals surface area contributed by atoms with Gasteiger partial charge in [0.2, 0.25) is 5.82 Å². The Morgan fingerprint density at radius 3 is 2.93 bits per heavy atom. The number of ether oxygens (including phenoxy) is 2. The lowest BCUT2D eigenvalue weighted by Gasteiger charge is -2.21. The molecule has 0 N–H and O–H groups in total. The first kappa shape index (κ1) is 8.91. The van der Waals surface area contributed by atoms with Gasteiger partial charge in [-0.25, -0.2) is 4.39 Å². The topological polar surface area (TPSA) is 42.2 Å². The summed E-state index contributed by atoms with van der Waals surface area (Å²) in [5.41, 5.74) is 0.220. The van der Waals surface area contributed by atoms with Gasteiger partial charge in [0.05, 0.1) is 6.07 Å². The molecule has 0 saturated heterocycles. The standard InChI is InChI=1S/C9H5F2NO2/c10-6-2-1-5-7(3-12)13-4-14-9(5)8(6)11/h1-2,7H,4H2. The summed E-state index contributed by atoms with van der Waals surface area (Å²) in [5, 5.41) is 8.65. The zero-order valence-corrected chi connectivity index (χ0v) is 6.96. The molecule has 0 spiro atoms. The van der Waals surface area contributed by atoms with Crippen LogP contribution in [0.15, 0.2) is 12.1 Å². The highest BCUT2D eigenvalue weighted by Gasteiger charge is 2.26. The fraction of sp³-hybridized carbons (Fsp3) is 0.222. The predicted octanol–water partition coefficient (Wildman–Crippen LogP) is 1.90. The molecule has 0 radical (unpaired) electrons. The highest BCUT2D eigenvalue weighted by Crippen LogP contribution is 2.34. The van der Waals surface area contributed by atoms with Crippen molar-refractivity contribution in [3.8, 4) is 11.8 Å². The number of hydrogen-bond donors (Lipinski definition) is 0. The summed E-state index contributed by atoms with van der Waals surface area (Å²) in [6, 6.07) is 4.04. The van der Waals surface area contributed by atoms with Gasteiger partial charge in [-0.2, -0.15) is 9.65 Å². The van der Waals surface area contributed by atoms with Crippen LogP contribution in [-0.4, -0.2) is 6.79 Å². The summed E-state index contributed by atoms with van der Waals surface area (Å²) in [7, 11) is 0. The average Bonchev–Trinajstić information content (AvgIpc) is 2.23. The Bertz CT molecular complexity index is 414. The quantitative estimate of drug-likeness (QED) is 0.637. The van der Waals surface area contributed by atoms with Gasteiger partial charge in [-0.1, -0.05) is 0 Å². The van der Waals surface area contributed by atoms with E-state index >= 15 is 0 Å². The van der Waals surface area contributed by atoms with Crippen molar-refractivity contribution in [2.45, 2.75) is 6.10 Å². The van der Waals surface area contributed by atoms with Crippen LogP contribution < -0.4 is 4.74 Å². The van der Waals surface area contributed by atoms with Crippen molar-refractivity contribution in [3.63, 3.8) is 0 Å². The lowest BCUT2D eigenvalue weighted by molar-refractivity contribution is -0.0384. The van der Waals surface area contributed by atoms with Crippen molar-refractivity contribution in [2.75, 3.05) is 6.79 Å². The van der Waals surface area contributed by atoms with Gasteiger partial charge in [0.25, 0.3) is 0 Å². The molecule has 5 heteroatoms. The zero-order valence-electron chi connectivity index (χ0n) is 6.96. The molecule has 1 atom stereocenters. The van der Waals surface area contributed by atoms with E-state index < -0.39 is 17.7 Å². The second-order valence-electron chi connectivity index (χ2n) is 2.72. The first-order chi connectivity index (χ1) is 6.74. The Morgan fingerprint density at radius 2 is 2.21 bits per heavy atom. The predicted molar refractivity (Wildman–Crippen MR) is 41.3 cm³/mol. The number of benzene rings is 1. The molecule has 2 rings (SSSR count). The third-order valence-electron chi connectivity index (χ3n) is 1.92. The molecule has 72 valence electrons. The van der Waals surface area contributed by atoms with Crippen LogP contribution >= 0.6 is 0 Å². The summed E-state index contributed by atoms with van der Waals surface area (Å²) in [4.78, 5) is 0. The van der Waals surface area contributed by atoms with Gasteiger partial charge in [0, 0.05) is 5.56 Å². The third-order valence-corrected chi connectivity index (χ3v) is 1.92. The van der Waals surface area contributed by atoms with E-state index in [1.807, 2.05) is 6.07 Å². The molecule has 1 unspecified atom stereocenters. The van der Waals surface area contributed by atoms with E-state index in [2.05, 4.69) is 0 Å². The molecular formula is C9H5F2NO2. The normalized spacial score (nSPS) is 19.4. The van der Waals surface area contributed by atoms with E-state index in [-0.39, 0.29) is 18.1 Å². The van der Waals surface area contributed by atoms with Gasteiger partial charge in [-0.15, -0.1) is 0 Å². The Morgan fingerprint density at radius 1 is 1.43 bits per heavy atom. The van der Waals surface area contributed by atoms with Crippen LogP contribution in [-0.2, 0) is 4.74 Å². The number of hydrogen-bond acceptors (Lipinski definition) is 3. The highest BCUT2D eigenvalue weighted by atomic mass is 19.2. The highest BCUT2D eigenvalue weighted by molar-refractivity contribution is 5.40. The Balaban J connectivity index is 2.57. The van der Waals surface area contributed by atoms with Crippen molar-refractivity contribution in [1.29, 1.82) is 5.26 Å². The lowest BCUT2D eigenvalue weighted by Crippen LogP contribution is -2.17. The van der Waals surface area contributed by atoms with Crippen molar-refractivity contribution in [3.05, 3.63) is 29.3 Å². The molecule has 1 heterocycles. The molecule has 0 bridgehead atoms. The average molecular weight is 197 g/mol. The fourth-order valence-electron chi connectivity index (χ4n) is 1.26. The molecule has 1 aromatic carbocycles. The minimum Gasteiger partial charge on any atom is -0.464 e. The smallest absolute Gasteiger partial charge is 0.201 e. The van der Waals surface area contributed by atoms with Gasteiger partial charge >= 0.3 is 0 Å². The van der Waals surface area contributed by atoms with E-state index in [0.29, 0.717) is 0 Å². The molecule has 0 amide bonds. The maximum Gasteiger partial charge on any atom is 0.201 e. The molecular weight excluding hydrogens is 192 g/mol. The number of halogens is 2. The third kappa shape index (κ3) is 1.20. The summed E-state index contributed by atoms with van der Waals surface area (Å²) in [6.07, 6.45) is -0.895. The van der Waals surface area contributed by atoms with Crippen LogP contribution in [0.25, 0.3) is 0 Å². The maximum atomic E-state index is 13.1. The first-order valence-electron chi connectivity index (χ1n) is 3.86. The van der Waals surface area contributed by atoms with Crippen LogP contribution in [0.5, 0.6) is 5.75 Å². The number of fused-ring (bicyclic) bond motifs is 1. The molecule has 3 nitrogen and oxygen atoms in total. The first-order valence-corrected chi connectivity index (χ1v) is 3.86. The summed E-state index contributed by atoms with van der Waals surface area (Å²) in [5.74, 6) is -2.31. The van der Waals surface area contributed by atoms with Crippen molar-refractivity contribution >= 4 is 0 Å². The molecule has 1 aliphatic rings. The van der Waals surface area contributed by atoms with Crippen LogP contribution in [0.1, 0.15) is 11.7 Å². The van der Waals surface area contributed by atoms with Crippen LogP contribution in [0.4, 0.5) is 8.78 Å². The minimum atomic E-state index is -1.08. The Kier molecular flexibility index (Phi) is 2.06. The van der Waals surface area contributed by atoms with Crippen LogP contribution in [0.2, 0.25) is 0 Å². The lowest BCUT2D eigenvalue weighted by atomic mass is 10.1. The molecule has 0 aromatic heterocycles. The number of rotatable bonds is 0. The summed E-state index contributed by atoms with van der Waals surface area (Å²) in [6.45, 7) is -0.244. The minimum absolute atomic E-state index is 0.220. The molecule has 0 aliphatic carbocycles. The van der Waals surface area contributed by atoms with E-state index in [1.54, 1.807) is 0 Å². The van der Waals surface area contributed by atoms with Crippen molar-refractivity contribution in [1.82, 2.24) is 0 Å². The summed E-state index contributed by atoms with van der Waals surface area (Å²) < 4.78 is 35.5. The van der Waals surface area contributed by atoms with Gasteiger partial charge < -0.3 is 9.47 Å². The monoisotopic (exact) mass is 197 g/mol. The van der Waals surface area contributed by atoms with Crippen molar-refractivity contribution < 1.29 is 18.3 Å². The van der Waals surface area contributed by atoms with Crippen molar-refractivity contribution in [2.24, 2.45) is 0 Å². The van der Waals surface area contributed by atoms with E-state index in [1.165, 1.54) is 6.07 Å². The molecule has 0 fully saturated rings. The van der Waals surface area contributed by atoms with E-state index in [0.717, 1.165) is 6.07 Å². The van der Waals surface area contributed by atoms with Gasteiger partial charge in [0.1, 0.15) is 0 Å².